The molecule has 0 bridgehead atoms. The number of hydrogen-bond donors (Lipinski definition) is 1. The Morgan fingerprint density at radius 2 is 2.15 bits per heavy atom. The average molecular weight is 294 g/mol. The first-order valence-electron chi connectivity index (χ1n) is 7.01. The van der Waals surface area contributed by atoms with Crippen molar-refractivity contribution in [2.24, 2.45) is 5.92 Å². The Morgan fingerprint density at radius 1 is 1.45 bits per heavy atom. The predicted octanol–water partition coefficient (Wildman–Crippen LogP) is 2.40. The van der Waals surface area contributed by atoms with E-state index in [1.54, 1.807) is 30.1 Å². The van der Waals surface area contributed by atoms with Gasteiger partial charge in [0.15, 0.2) is 0 Å². The molecule has 1 aliphatic rings. The maximum absolute atomic E-state index is 12.7. The molecule has 1 fully saturated rings. The summed E-state index contributed by atoms with van der Waals surface area (Å²) in [6.45, 7) is 8.11. The van der Waals surface area contributed by atoms with Gasteiger partial charge >= 0.3 is 0 Å². The van der Waals surface area contributed by atoms with Crippen LogP contribution in [0.3, 0.4) is 0 Å². The molecule has 1 N–H and O–H groups in total. The van der Waals surface area contributed by atoms with Crippen molar-refractivity contribution < 1.29 is 9.59 Å². The van der Waals surface area contributed by atoms with Crippen LogP contribution in [0.2, 0.25) is 0 Å². The normalized spacial score (nSPS) is 23.6. The molecular formula is C15H22N2O2S. The number of amides is 2. The van der Waals surface area contributed by atoms with Gasteiger partial charge in [-0.15, -0.1) is 0 Å². The first kappa shape index (κ1) is 15.0. The second kappa shape index (κ2) is 5.56. The van der Waals surface area contributed by atoms with E-state index in [2.05, 4.69) is 5.32 Å². The summed E-state index contributed by atoms with van der Waals surface area (Å²) >= 11 is 1.61. The Morgan fingerprint density at radius 3 is 2.70 bits per heavy atom. The molecule has 0 aliphatic carbocycles. The van der Waals surface area contributed by atoms with E-state index >= 15 is 0 Å². The molecule has 110 valence electrons. The van der Waals surface area contributed by atoms with Crippen LogP contribution in [0.15, 0.2) is 16.8 Å². The van der Waals surface area contributed by atoms with E-state index in [1.807, 2.05) is 30.7 Å². The van der Waals surface area contributed by atoms with Crippen LogP contribution in [0.4, 0.5) is 0 Å². The van der Waals surface area contributed by atoms with E-state index in [0.29, 0.717) is 6.54 Å². The van der Waals surface area contributed by atoms with Crippen molar-refractivity contribution in [2.75, 3.05) is 0 Å². The van der Waals surface area contributed by atoms with Gasteiger partial charge in [0.2, 0.25) is 11.8 Å². The van der Waals surface area contributed by atoms with Crippen molar-refractivity contribution in [1.82, 2.24) is 10.2 Å². The highest BCUT2D eigenvalue weighted by molar-refractivity contribution is 7.07. The molecule has 0 saturated carbocycles. The number of carbonyl (C=O) groups is 2. The predicted molar refractivity (Wildman–Crippen MR) is 80.3 cm³/mol. The fourth-order valence-corrected chi connectivity index (χ4v) is 3.26. The van der Waals surface area contributed by atoms with Crippen molar-refractivity contribution in [1.29, 1.82) is 0 Å². The lowest BCUT2D eigenvalue weighted by Crippen LogP contribution is -2.69. The third-order valence-corrected chi connectivity index (χ3v) is 4.68. The van der Waals surface area contributed by atoms with Crippen LogP contribution in [0.5, 0.6) is 0 Å². The van der Waals surface area contributed by atoms with Gasteiger partial charge in [-0.05, 0) is 42.2 Å². The van der Waals surface area contributed by atoms with Crippen LogP contribution in [0.1, 0.15) is 39.7 Å². The van der Waals surface area contributed by atoms with E-state index in [9.17, 15) is 9.59 Å². The Hall–Kier alpha value is -1.36. The number of rotatable bonds is 4. The summed E-state index contributed by atoms with van der Waals surface area (Å²) < 4.78 is 0. The van der Waals surface area contributed by atoms with Crippen LogP contribution in [-0.2, 0) is 16.1 Å². The topological polar surface area (TPSA) is 49.4 Å². The fourth-order valence-electron chi connectivity index (χ4n) is 2.60. The van der Waals surface area contributed by atoms with Crippen molar-refractivity contribution >= 4 is 23.2 Å². The van der Waals surface area contributed by atoms with Crippen molar-refractivity contribution in [3.05, 3.63) is 22.4 Å². The molecule has 0 aromatic carbocycles. The number of piperazine rings is 1. The largest absolute Gasteiger partial charge is 0.340 e. The summed E-state index contributed by atoms with van der Waals surface area (Å²) in [6.07, 6.45) is 0.867. The zero-order chi connectivity index (χ0) is 14.9. The lowest BCUT2D eigenvalue weighted by molar-refractivity contribution is -0.156. The number of carbonyl (C=O) groups excluding carboxylic acids is 2. The first-order chi connectivity index (χ1) is 9.36. The molecular weight excluding hydrogens is 272 g/mol. The molecule has 1 aromatic rings. The van der Waals surface area contributed by atoms with E-state index in [-0.39, 0.29) is 23.8 Å². The lowest BCUT2D eigenvalue weighted by Gasteiger charge is -2.44. The maximum atomic E-state index is 12.7. The average Bonchev–Trinajstić information content (AvgIpc) is 2.87. The minimum atomic E-state index is -0.822. The third kappa shape index (κ3) is 2.73. The van der Waals surface area contributed by atoms with E-state index in [1.165, 1.54) is 0 Å². The highest BCUT2D eigenvalue weighted by Gasteiger charge is 2.46. The highest BCUT2D eigenvalue weighted by atomic mass is 32.1. The molecule has 0 spiro atoms. The summed E-state index contributed by atoms with van der Waals surface area (Å²) in [6, 6.07) is 1.63. The van der Waals surface area contributed by atoms with Crippen LogP contribution < -0.4 is 5.32 Å². The van der Waals surface area contributed by atoms with Crippen LogP contribution in [0, 0.1) is 5.92 Å². The fraction of sp³-hybridized carbons (Fsp3) is 0.600. The summed E-state index contributed by atoms with van der Waals surface area (Å²) in [5.41, 5.74) is 0.263. The van der Waals surface area contributed by atoms with Crippen molar-refractivity contribution in [3.63, 3.8) is 0 Å². The van der Waals surface area contributed by atoms with E-state index in [4.69, 9.17) is 0 Å². The smallest absolute Gasteiger partial charge is 0.248 e. The van der Waals surface area contributed by atoms with Gasteiger partial charge in [0.1, 0.15) is 11.6 Å². The summed E-state index contributed by atoms with van der Waals surface area (Å²) in [4.78, 5) is 26.8. The van der Waals surface area contributed by atoms with Crippen molar-refractivity contribution in [2.45, 2.75) is 52.2 Å². The van der Waals surface area contributed by atoms with E-state index in [0.717, 1.165) is 12.0 Å². The molecule has 1 aliphatic heterocycles. The molecule has 2 atom stereocenters. The van der Waals surface area contributed by atoms with Gasteiger partial charge in [-0.3, -0.25) is 9.59 Å². The van der Waals surface area contributed by atoms with Gasteiger partial charge in [-0.1, -0.05) is 20.3 Å². The number of nitrogens with zero attached hydrogens (tertiary/aromatic N) is 1. The molecule has 1 aromatic heterocycles. The number of hydrogen-bond acceptors (Lipinski definition) is 3. The van der Waals surface area contributed by atoms with Crippen LogP contribution in [0.25, 0.3) is 0 Å². The van der Waals surface area contributed by atoms with Gasteiger partial charge in [0, 0.05) is 6.54 Å². The molecule has 1 saturated heterocycles. The maximum Gasteiger partial charge on any atom is 0.248 e. The summed E-state index contributed by atoms with van der Waals surface area (Å²) in [5.74, 6) is 0.0986. The SMILES string of the molecule is CCC(C)C1C(=O)NC(C)(C)C(=O)N1Cc1ccsc1. The molecule has 0 radical (unpaired) electrons. The van der Waals surface area contributed by atoms with Crippen LogP contribution in [-0.4, -0.2) is 28.3 Å². The van der Waals surface area contributed by atoms with E-state index < -0.39 is 5.54 Å². The summed E-state index contributed by atoms with van der Waals surface area (Å²) in [5, 5.41) is 6.87. The second-order valence-corrected chi connectivity index (χ2v) is 6.79. The lowest BCUT2D eigenvalue weighted by atomic mass is 9.89. The summed E-state index contributed by atoms with van der Waals surface area (Å²) in [7, 11) is 0. The van der Waals surface area contributed by atoms with Gasteiger partial charge in [-0.25, -0.2) is 0 Å². The Kier molecular flexibility index (Phi) is 4.18. The monoisotopic (exact) mass is 294 g/mol. The number of thiophene rings is 1. The minimum Gasteiger partial charge on any atom is -0.340 e. The van der Waals surface area contributed by atoms with Gasteiger partial charge in [0.05, 0.1) is 0 Å². The Labute approximate surface area is 124 Å². The van der Waals surface area contributed by atoms with Gasteiger partial charge < -0.3 is 10.2 Å². The quantitative estimate of drug-likeness (QED) is 0.927. The molecule has 2 unspecified atom stereocenters. The molecule has 4 nitrogen and oxygen atoms in total. The van der Waals surface area contributed by atoms with Gasteiger partial charge in [0.25, 0.3) is 0 Å². The molecule has 2 rings (SSSR count). The minimum absolute atomic E-state index is 0.00593. The first-order valence-corrected chi connectivity index (χ1v) is 7.95. The zero-order valence-corrected chi connectivity index (χ0v) is 13.3. The van der Waals surface area contributed by atoms with Crippen molar-refractivity contribution in [3.8, 4) is 0 Å². The zero-order valence-electron chi connectivity index (χ0n) is 12.5. The molecule has 5 heteroatoms. The van der Waals surface area contributed by atoms with Crippen LogP contribution >= 0.6 is 11.3 Å². The second-order valence-electron chi connectivity index (χ2n) is 6.01. The number of nitrogens with one attached hydrogen (secondary N) is 1. The highest BCUT2D eigenvalue weighted by Crippen LogP contribution is 2.26. The molecule has 2 amide bonds. The standard InChI is InChI=1S/C15H22N2O2S/c1-5-10(2)12-13(18)16-15(3,4)14(19)17(12)8-11-6-7-20-9-11/h6-7,9-10,12H,5,8H2,1-4H3,(H,16,18). The third-order valence-electron chi connectivity index (χ3n) is 3.95. The Balaban J connectivity index is 2.32. The molecule has 20 heavy (non-hydrogen) atoms. The molecule has 2 heterocycles. The Bertz CT molecular complexity index is 496. The van der Waals surface area contributed by atoms with Gasteiger partial charge in [-0.2, -0.15) is 11.3 Å².